The molecule has 1 amide bonds. The van der Waals surface area contributed by atoms with Crippen LogP contribution in [-0.2, 0) is 25.9 Å². The molecule has 156 valence electrons. The fourth-order valence-electron chi connectivity index (χ4n) is 4.23. The van der Waals surface area contributed by atoms with Gasteiger partial charge in [0.2, 0.25) is 0 Å². The van der Waals surface area contributed by atoms with Gasteiger partial charge in [-0.2, -0.15) is 5.10 Å². The van der Waals surface area contributed by atoms with E-state index in [9.17, 15) is 4.79 Å². The number of carbonyl (C=O) groups is 1. The molecular formula is C25H30N4O. The van der Waals surface area contributed by atoms with Gasteiger partial charge in [0.15, 0.2) is 5.69 Å². The first-order chi connectivity index (χ1) is 14.7. The molecule has 0 spiro atoms. The Bertz CT molecular complexity index is 1010. The molecule has 30 heavy (non-hydrogen) atoms. The topological polar surface area (TPSA) is 50.2 Å². The number of para-hydroxylation sites is 1. The predicted octanol–water partition coefficient (Wildman–Crippen LogP) is 4.13. The molecule has 1 N–H and O–H groups in total. The third kappa shape index (κ3) is 4.17. The Morgan fingerprint density at radius 2 is 1.70 bits per heavy atom. The number of fused-ring (bicyclic) bond motifs is 1. The van der Waals surface area contributed by atoms with Crippen molar-refractivity contribution in [2.75, 3.05) is 13.1 Å². The average molecular weight is 403 g/mol. The van der Waals surface area contributed by atoms with Crippen LogP contribution < -0.4 is 5.32 Å². The maximum atomic E-state index is 13.1. The molecule has 0 atom stereocenters. The fraction of sp³-hybridized carbons (Fsp3) is 0.360. The van der Waals surface area contributed by atoms with Crippen molar-refractivity contribution in [2.45, 2.75) is 46.2 Å². The molecule has 1 heterocycles. The van der Waals surface area contributed by atoms with E-state index >= 15 is 0 Å². The molecule has 1 aliphatic rings. The number of hydrogen-bond donors (Lipinski definition) is 1. The van der Waals surface area contributed by atoms with Crippen molar-refractivity contribution in [3.05, 3.63) is 82.7 Å². The molecule has 0 unspecified atom stereocenters. The van der Waals surface area contributed by atoms with Crippen LogP contribution in [0.3, 0.4) is 0 Å². The summed E-state index contributed by atoms with van der Waals surface area (Å²) >= 11 is 0. The number of nitrogens with zero attached hydrogens (tertiary/aromatic N) is 3. The van der Waals surface area contributed by atoms with E-state index in [4.69, 9.17) is 5.10 Å². The fourth-order valence-corrected chi connectivity index (χ4v) is 4.23. The second kappa shape index (κ2) is 9.26. The van der Waals surface area contributed by atoms with Crippen LogP contribution in [0.15, 0.2) is 54.6 Å². The minimum absolute atomic E-state index is 0.0829. The molecule has 4 rings (SSSR count). The first-order valence-corrected chi connectivity index (χ1v) is 10.9. The van der Waals surface area contributed by atoms with E-state index in [0.29, 0.717) is 12.2 Å². The molecule has 1 aliphatic carbocycles. The minimum atomic E-state index is -0.0829. The Morgan fingerprint density at radius 1 is 1.00 bits per heavy atom. The lowest BCUT2D eigenvalue weighted by molar-refractivity contribution is 0.0944. The molecule has 0 radical (unpaired) electrons. The normalized spacial score (nSPS) is 12.9. The van der Waals surface area contributed by atoms with Gasteiger partial charge in [-0.25, -0.2) is 4.68 Å². The van der Waals surface area contributed by atoms with E-state index in [1.54, 1.807) is 0 Å². The summed E-state index contributed by atoms with van der Waals surface area (Å²) in [5.74, 6) is -0.0829. The number of hydrogen-bond acceptors (Lipinski definition) is 3. The quantitative estimate of drug-likeness (QED) is 0.616. The van der Waals surface area contributed by atoms with E-state index in [2.05, 4.69) is 42.3 Å². The number of rotatable bonds is 8. The second-order valence-corrected chi connectivity index (χ2v) is 7.79. The van der Waals surface area contributed by atoms with Gasteiger partial charge in [0.05, 0.1) is 5.69 Å². The Morgan fingerprint density at radius 3 is 2.43 bits per heavy atom. The average Bonchev–Trinajstić information content (AvgIpc) is 3.40. The zero-order valence-corrected chi connectivity index (χ0v) is 17.9. The van der Waals surface area contributed by atoms with Crippen molar-refractivity contribution in [1.82, 2.24) is 20.0 Å². The number of amides is 1. The zero-order valence-electron chi connectivity index (χ0n) is 17.9. The van der Waals surface area contributed by atoms with Gasteiger partial charge < -0.3 is 5.32 Å². The summed E-state index contributed by atoms with van der Waals surface area (Å²) in [4.78, 5) is 15.5. The second-order valence-electron chi connectivity index (χ2n) is 7.79. The first kappa shape index (κ1) is 20.4. The smallest absolute Gasteiger partial charge is 0.272 e. The summed E-state index contributed by atoms with van der Waals surface area (Å²) in [6, 6.07) is 18.4. The molecule has 5 heteroatoms. The Balaban J connectivity index is 1.52. The van der Waals surface area contributed by atoms with E-state index in [1.165, 1.54) is 11.3 Å². The third-order valence-electron chi connectivity index (χ3n) is 5.99. The van der Waals surface area contributed by atoms with Gasteiger partial charge in [-0.15, -0.1) is 0 Å². The van der Waals surface area contributed by atoms with Gasteiger partial charge in [-0.05, 0) is 55.6 Å². The lowest BCUT2D eigenvalue weighted by Crippen LogP contribution is -2.27. The molecule has 0 saturated heterocycles. The molecule has 2 aromatic carbocycles. The van der Waals surface area contributed by atoms with Gasteiger partial charge in [0, 0.05) is 24.3 Å². The SMILES string of the molecule is CCN(CC)Cc1ccccc1CNC(=O)c1nn(-c2ccccc2)c2c1CCC2. The van der Waals surface area contributed by atoms with E-state index < -0.39 is 0 Å². The van der Waals surface area contributed by atoms with E-state index in [1.807, 2.05) is 41.1 Å². The number of nitrogens with one attached hydrogen (secondary N) is 1. The summed E-state index contributed by atoms with van der Waals surface area (Å²) in [5.41, 5.74) is 6.30. The van der Waals surface area contributed by atoms with Crippen LogP contribution in [-0.4, -0.2) is 33.7 Å². The van der Waals surface area contributed by atoms with Crippen molar-refractivity contribution < 1.29 is 4.79 Å². The highest BCUT2D eigenvalue weighted by atomic mass is 16.1. The Kier molecular flexibility index (Phi) is 6.29. The van der Waals surface area contributed by atoms with Crippen LogP contribution in [0.2, 0.25) is 0 Å². The first-order valence-electron chi connectivity index (χ1n) is 10.9. The van der Waals surface area contributed by atoms with Crippen molar-refractivity contribution in [1.29, 1.82) is 0 Å². The van der Waals surface area contributed by atoms with Crippen molar-refractivity contribution >= 4 is 5.91 Å². The summed E-state index contributed by atoms with van der Waals surface area (Å²) in [5, 5.41) is 7.83. The van der Waals surface area contributed by atoms with Gasteiger partial charge in [-0.3, -0.25) is 9.69 Å². The monoisotopic (exact) mass is 402 g/mol. The van der Waals surface area contributed by atoms with E-state index in [-0.39, 0.29) is 5.91 Å². The summed E-state index contributed by atoms with van der Waals surface area (Å²) < 4.78 is 1.95. The van der Waals surface area contributed by atoms with Crippen LogP contribution >= 0.6 is 0 Å². The molecular weight excluding hydrogens is 372 g/mol. The summed E-state index contributed by atoms with van der Waals surface area (Å²) in [7, 11) is 0. The Labute approximate surface area is 178 Å². The highest BCUT2D eigenvalue weighted by molar-refractivity contribution is 5.94. The number of benzene rings is 2. The maximum Gasteiger partial charge on any atom is 0.272 e. The maximum absolute atomic E-state index is 13.1. The van der Waals surface area contributed by atoms with Gasteiger partial charge >= 0.3 is 0 Å². The minimum Gasteiger partial charge on any atom is -0.347 e. The van der Waals surface area contributed by atoms with Gasteiger partial charge in [0.1, 0.15) is 0 Å². The van der Waals surface area contributed by atoms with E-state index in [0.717, 1.165) is 55.7 Å². The highest BCUT2D eigenvalue weighted by Crippen LogP contribution is 2.27. The molecule has 0 bridgehead atoms. The van der Waals surface area contributed by atoms with Crippen LogP contribution in [0.5, 0.6) is 0 Å². The molecule has 1 aromatic heterocycles. The van der Waals surface area contributed by atoms with Crippen LogP contribution in [0.25, 0.3) is 5.69 Å². The lowest BCUT2D eigenvalue weighted by atomic mass is 10.1. The molecule has 0 aliphatic heterocycles. The molecule has 0 fully saturated rings. The van der Waals surface area contributed by atoms with Crippen LogP contribution in [0.1, 0.15) is 53.1 Å². The lowest BCUT2D eigenvalue weighted by Gasteiger charge is -2.20. The summed E-state index contributed by atoms with van der Waals surface area (Å²) in [6.07, 6.45) is 2.97. The van der Waals surface area contributed by atoms with Crippen LogP contribution in [0.4, 0.5) is 0 Å². The Hall–Kier alpha value is -2.92. The third-order valence-corrected chi connectivity index (χ3v) is 5.99. The van der Waals surface area contributed by atoms with Gasteiger partial charge in [-0.1, -0.05) is 56.3 Å². The summed E-state index contributed by atoms with van der Waals surface area (Å²) in [6.45, 7) is 7.80. The molecule has 3 aromatic rings. The predicted molar refractivity (Wildman–Crippen MR) is 120 cm³/mol. The van der Waals surface area contributed by atoms with Gasteiger partial charge in [0.25, 0.3) is 5.91 Å². The highest BCUT2D eigenvalue weighted by Gasteiger charge is 2.26. The number of carbonyl (C=O) groups excluding carboxylic acids is 1. The van der Waals surface area contributed by atoms with Crippen molar-refractivity contribution in [3.8, 4) is 5.69 Å². The van der Waals surface area contributed by atoms with Crippen molar-refractivity contribution in [2.24, 2.45) is 0 Å². The number of aromatic nitrogens is 2. The molecule has 5 nitrogen and oxygen atoms in total. The largest absolute Gasteiger partial charge is 0.347 e. The van der Waals surface area contributed by atoms with Crippen LogP contribution in [0, 0.1) is 0 Å². The molecule has 0 saturated carbocycles. The zero-order chi connectivity index (χ0) is 20.9. The van der Waals surface area contributed by atoms with Crippen molar-refractivity contribution in [3.63, 3.8) is 0 Å². The standard InChI is InChI=1S/C25H30N4O/c1-3-28(4-2)18-20-12-9-8-11-19(20)17-26-25(30)24-22-15-10-16-23(22)29(27-24)21-13-6-5-7-14-21/h5-9,11-14H,3-4,10,15-18H2,1-2H3,(H,26,30).